The first-order chi connectivity index (χ1) is 11.5. The number of methoxy groups -OCH3 is 1. The third-order valence-corrected chi connectivity index (χ3v) is 4.91. The first-order valence-electron chi connectivity index (χ1n) is 7.60. The number of hydrogen-bond acceptors (Lipinski definition) is 3. The molecule has 1 saturated carbocycles. The molecule has 1 aliphatic heterocycles. The van der Waals surface area contributed by atoms with Gasteiger partial charge in [0.1, 0.15) is 0 Å². The lowest BCUT2D eigenvalue weighted by Gasteiger charge is -2.30. The van der Waals surface area contributed by atoms with Crippen LogP contribution < -0.4 is 5.32 Å². The smallest absolute Gasteiger partial charge is 0.335 e. The highest BCUT2D eigenvalue weighted by Crippen LogP contribution is 2.47. The number of ether oxygens (including phenoxy) is 1. The van der Waals surface area contributed by atoms with E-state index in [0.29, 0.717) is 32.8 Å². The molecule has 0 radical (unpaired) electrons. The molecule has 1 fully saturated rings. The number of carbonyl (C=O) groups excluding carboxylic acids is 1. The molecule has 124 valence electrons. The van der Waals surface area contributed by atoms with Crippen LogP contribution in [-0.4, -0.2) is 13.1 Å². The van der Waals surface area contributed by atoms with Crippen molar-refractivity contribution < 1.29 is 9.53 Å². The van der Waals surface area contributed by atoms with E-state index in [2.05, 4.69) is 10.2 Å². The predicted octanol–water partition coefficient (Wildman–Crippen LogP) is 4.67. The quantitative estimate of drug-likeness (QED) is 0.627. The summed E-state index contributed by atoms with van der Waals surface area (Å²) in [7, 11) is 1.35. The van der Waals surface area contributed by atoms with E-state index in [-0.39, 0.29) is 0 Å². The zero-order chi connectivity index (χ0) is 17.4. The van der Waals surface area contributed by atoms with Crippen LogP contribution in [0, 0.1) is 12.5 Å². The van der Waals surface area contributed by atoms with Gasteiger partial charge >= 0.3 is 5.97 Å². The zero-order valence-corrected chi connectivity index (χ0v) is 14.8. The molecule has 3 rings (SSSR count). The summed E-state index contributed by atoms with van der Waals surface area (Å²) < 4.78 is 5.01. The van der Waals surface area contributed by atoms with Gasteiger partial charge in [-0.1, -0.05) is 29.3 Å². The second-order valence-electron chi connectivity index (χ2n) is 5.94. The molecule has 1 aromatic rings. The molecule has 24 heavy (non-hydrogen) atoms. The summed E-state index contributed by atoms with van der Waals surface area (Å²) in [4.78, 5) is 16.2. The van der Waals surface area contributed by atoms with Gasteiger partial charge in [0.05, 0.1) is 25.2 Å². The van der Waals surface area contributed by atoms with Crippen LogP contribution >= 0.6 is 23.2 Å². The molecular weight excluding hydrogens is 347 g/mol. The van der Waals surface area contributed by atoms with Crippen LogP contribution in [0.25, 0.3) is 4.85 Å². The second-order valence-corrected chi connectivity index (χ2v) is 6.78. The molecule has 4 nitrogen and oxygen atoms in total. The summed E-state index contributed by atoms with van der Waals surface area (Å²) in [6.07, 6.45) is 2.04. The Bertz CT molecular complexity index is 817. The van der Waals surface area contributed by atoms with Gasteiger partial charge in [0.25, 0.3) is 0 Å². The standard InChI is InChI=1S/C18H16Cl2N2O2/c1-9-16(21-2)14(12-7-6-11(19)8-13(12)20)15(18(23)24-3)17(22-9)10-4-5-10/h6-8,10,14,22H,4-5H2,1,3H3. The fraction of sp³-hybridized carbons (Fsp3) is 0.333. The van der Waals surface area contributed by atoms with Crippen molar-refractivity contribution in [1.29, 1.82) is 0 Å². The zero-order valence-electron chi connectivity index (χ0n) is 13.3. The van der Waals surface area contributed by atoms with Gasteiger partial charge in [0.2, 0.25) is 0 Å². The second kappa shape index (κ2) is 6.51. The van der Waals surface area contributed by atoms with Gasteiger partial charge in [0, 0.05) is 21.4 Å². The van der Waals surface area contributed by atoms with Gasteiger partial charge in [-0.05, 0) is 43.4 Å². The van der Waals surface area contributed by atoms with Crippen molar-refractivity contribution >= 4 is 29.2 Å². The van der Waals surface area contributed by atoms with E-state index < -0.39 is 11.9 Å². The van der Waals surface area contributed by atoms with Crippen LogP contribution in [0.3, 0.4) is 0 Å². The normalized spacial score (nSPS) is 20.5. The summed E-state index contributed by atoms with van der Waals surface area (Å²) in [6.45, 7) is 9.43. The van der Waals surface area contributed by atoms with Gasteiger partial charge in [-0.15, -0.1) is 0 Å². The minimum atomic E-state index is -0.545. The van der Waals surface area contributed by atoms with Crippen molar-refractivity contribution in [3.8, 4) is 0 Å². The third-order valence-electron chi connectivity index (χ3n) is 4.34. The van der Waals surface area contributed by atoms with Gasteiger partial charge in [-0.2, -0.15) is 0 Å². The maximum absolute atomic E-state index is 12.5. The Morgan fingerprint density at radius 2 is 2.08 bits per heavy atom. The highest BCUT2D eigenvalue weighted by molar-refractivity contribution is 6.35. The topological polar surface area (TPSA) is 42.7 Å². The number of dihydropyridines is 1. The number of halogens is 2. The van der Waals surface area contributed by atoms with Crippen LogP contribution in [0.1, 0.15) is 31.2 Å². The summed E-state index contributed by atoms with van der Waals surface area (Å²) in [5, 5.41) is 4.19. The summed E-state index contributed by atoms with van der Waals surface area (Å²) in [5.41, 5.74) is 3.20. The van der Waals surface area contributed by atoms with E-state index >= 15 is 0 Å². The molecule has 1 heterocycles. The Hall–Kier alpha value is -1.96. The predicted molar refractivity (Wildman–Crippen MR) is 93.4 cm³/mol. The van der Waals surface area contributed by atoms with Crippen molar-refractivity contribution in [3.05, 3.63) is 67.9 Å². The average Bonchev–Trinajstić information content (AvgIpc) is 3.38. The Kier molecular flexibility index (Phi) is 4.58. The summed E-state index contributed by atoms with van der Waals surface area (Å²) in [5.74, 6) is -0.680. The Morgan fingerprint density at radius 3 is 2.62 bits per heavy atom. The lowest BCUT2D eigenvalue weighted by Crippen LogP contribution is -2.30. The van der Waals surface area contributed by atoms with Gasteiger partial charge in [0.15, 0.2) is 5.70 Å². The highest BCUT2D eigenvalue weighted by atomic mass is 35.5. The molecule has 0 spiro atoms. The molecule has 2 aliphatic rings. The molecule has 6 heteroatoms. The average molecular weight is 363 g/mol. The first kappa shape index (κ1) is 16.9. The third kappa shape index (κ3) is 2.90. The van der Waals surface area contributed by atoms with E-state index in [9.17, 15) is 4.79 Å². The van der Waals surface area contributed by atoms with Gasteiger partial charge in [-0.3, -0.25) is 0 Å². The molecule has 1 N–H and O–H groups in total. The van der Waals surface area contributed by atoms with E-state index in [0.717, 1.165) is 24.2 Å². The maximum atomic E-state index is 12.5. The molecular formula is C18H16Cl2N2O2. The van der Waals surface area contributed by atoms with E-state index in [1.165, 1.54) is 7.11 Å². The number of rotatable bonds is 3. The van der Waals surface area contributed by atoms with Crippen LogP contribution in [0.5, 0.6) is 0 Å². The van der Waals surface area contributed by atoms with Crippen molar-refractivity contribution in [3.63, 3.8) is 0 Å². The minimum Gasteiger partial charge on any atom is -0.466 e. The lowest BCUT2D eigenvalue weighted by molar-refractivity contribution is -0.136. The molecule has 1 aliphatic carbocycles. The molecule has 1 unspecified atom stereocenters. The van der Waals surface area contributed by atoms with Gasteiger partial charge in [-0.25, -0.2) is 9.64 Å². The summed E-state index contributed by atoms with van der Waals surface area (Å²) in [6, 6.07) is 5.11. The lowest BCUT2D eigenvalue weighted by atomic mass is 9.83. The Balaban J connectivity index is 2.24. The van der Waals surface area contributed by atoms with Crippen LogP contribution in [-0.2, 0) is 9.53 Å². The molecule has 0 aromatic heterocycles. The number of hydrogen-bond donors (Lipinski definition) is 1. The molecule has 0 bridgehead atoms. The largest absolute Gasteiger partial charge is 0.466 e. The van der Waals surface area contributed by atoms with Crippen LogP contribution in [0.15, 0.2) is 40.9 Å². The van der Waals surface area contributed by atoms with Crippen molar-refractivity contribution in [2.75, 3.05) is 7.11 Å². The maximum Gasteiger partial charge on any atom is 0.335 e. The van der Waals surface area contributed by atoms with E-state index in [4.69, 9.17) is 34.5 Å². The highest BCUT2D eigenvalue weighted by Gasteiger charge is 2.41. The number of nitrogens with zero attached hydrogens (tertiary/aromatic N) is 1. The summed E-state index contributed by atoms with van der Waals surface area (Å²) >= 11 is 12.4. The number of carbonyl (C=O) groups is 1. The number of allylic oxidation sites excluding steroid dienone is 3. The van der Waals surface area contributed by atoms with Crippen molar-refractivity contribution in [2.24, 2.45) is 5.92 Å². The van der Waals surface area contributed by atoms with Crippen molar-refractivity contribution in [1.82, 2.24) is 5.32 Å². The SMILES string of the molecule is [C-]#[N+]C1=C(C)NC(C2CC2)=C(C(=O)OC)C1c1ccc(Cl)cc1Cl. The van der Waals surface area contributed by atoms with Crippen molar-refractivity contribution in [2.45, 2.75) is 25.7 Å². The molecule has 1 aromatic carbocycles. The van der Waals surface area contributed by atoms with Gasteiger partial charge < -0.3 is 10.1 Å². The number of nitrogens with one attached hydrogen (secondary N) is 1. The Labute approximate surface area is 150 Å². The number of benzene rings is 1. The van der Waals surface area contributed by atoms with E-state index in [1.807, 2.05) is 6.92 Å². The molecule has 1 atom stereocenters. The minimum absolute atomic E-state index is 0.301. The molecule has 0 saturated heterocycles. The number of esters is 1. The van der Waals surface area contributed by atoms with E-state index in [1.54, 1.807) is 18.2 Å². The van der Waals surface area contributed by atoms with Crippen LogP contribution in [0.4, 0.5) is 0 Å². The fourth-order valence-electron chi connectivity index (χ4n) is 3.06. The first-order valence-corrected chi connectivity index (χ1v) is 8.36. The molecule has 0 amide bonds. The fourth-order valence-corrected chi connectivity index (χ4v) is 3.58. The van der Waals surface area contributed by atoms with Crippen LogP contribution in [0.2, 0.25) is 10.0 Å². The Morgan fingerprint density at radius 1 is 1.38 bits per heavy atom. The monoisotopic (exact) mass is 362 g/mol.